The molecule has 1 heterocycles. The average molecular weight is 323 g/mol. The van der Waals surface area contributed by atoms with Crippen molar-refractivity contribution in [1.29, 1.82) is 0 Å². The van der Waals surface area contributed by atoms with E-state index < -0.39 is 12.1 Å². The molecule has 7 nitrogen and oxygen atoms in total. The van der Waals surface area contributed by atoms with Gasteiger partial charge in [-0.1, -0.05) is 18.2 Å². The quantitative estimate of drug-likeness (QED) is 0.747. The van der Waals surface area contributed by atoms with Gasteiger partial charge in [0.1, 0.15) is 19.0 Å². The molecule has 2 rings (SSSR count). The summed E-state index contributed by atoms with van der Waals surface area (Å²) in [6.45, 7) is 2.67. The third-order valence-electron chi connectivity index (χ3n) is 3.35. The zero-order chi connectivity index (χ0) is 16.7. The topological polar surface area (TPSA) is 85.3 Å². The predicted molar refractivity (Wildman–Crippen MR) is 81.3 cm³/mol. The number of carboxylic acids is 1. The molecule has 1 N–H and O–H groups in total. The summed E-state index contributed by atoms with van der Waals surface area (Å²) >= 11 is 0. The Morgan fingerprint density at radius 2 is 2.00 bits per heavy atom. The standard InChI is InChI=1S/C16H21NO6/c1-12-9-17(10-14(23-12)16(19)20)15(18)11-21-7-8-22-13-5-3-2-4-6-13/h2-6,12,14H,7-11H2,1H3,(H,19,20)/t12-,14?/m1/s1. The van der Waals surface area contributed by atoms with E-state index in [0.717, 1.165) is 5.75 Å². The smallest absolute Gasteiger partial charge is 0.334 e. The lowest BCUT2D eigenvalue weighted by molar-refractivity contribution is -0.167. The Morgan fingerprint density at radius 1 is 1.26 bits per heavy atom. The van der Waals surface area contributed by atoms with E-state index in [1.54, 1.807) is 6.92 Å². The molecule has 1 aromatic rings. The molecule has 1 aliphatic heterocycles. The number of nitrogens with zero attached hydrogens (tertiary/aromatic N) is 1. The summed E-state index contributed by atoms with van der Waals surface area (Å²) in [4.78, 5) is 24.5. The fraction of sp³-hybridized carbons (Fsp3) is 0.500. The molecule has 126 valence electrons. The molecule has 0 aliphatic carbocycles. The van der Waals surface area contributed by atoms with E-state index >= 15 is 0 Å². The Hall–Kier alpha value is -2.12. The summed E-state index contributed by atoms with van der Waals surface area (Å²) in [6, 6.07) is 9.32. The van der Waals surface area contributed by atoms with Crippen molar-refractivity contribution >= 4 is 11.9 Å². The fourth-order valence-electron chi connectivity index (χ4n) is 2.28. The van der Waals surface area contributed by atoms with E-state index in [2.05, 4.69) is 0 Å². The molecule has 0 saturated carbocycles. The minimum atomic E-state index is -1.06. The second-order valence-electron chi connectivity index (χ2n) is 5.29. The van der Waals surface area contributed by atoms with Gasteiger partial charge in [0, 0.05) is 6.54 Å². The first-order valence-electron chi connectivity index (χ1n) is 7.48. The van der Waals surface area contributed by atoms with Crippen LogP contribution in [0.3, 0.4) is 0 Å². The zero-order valence-corrected chi connectivity index (χ0v) is 13.0. The predicted octanol–water partition coefficient (Wildman–Crippen LogP) is 0.782. The highest BCUT2D eigenvalue weighted by Crippen LogP contribution is 2.12. The van der Waals surface area contributed by atoms with Gasteiger partial charge in [-0.15, -0.1) is 0 Å². The maximum Gasteiger partial charge on any atom is 0.334 e. The molecule has 0 bridgehead atoms. The van der Waals surface area contributed by atoms with Crippen LogP contribution in [0.15, 0.2) is 30.3 Å². The molecule has 1 aromatic carbocycles. The summed E-state index contributed by atoms with van der Waals surface area (Å²) in [7, 11) is 0. The second kappa shape index (κ2) is 8.50. The number of rotatable bonds is 7. The number of carboxylic acid groups (broad SMARTS) is 1. The number of aliphatic carboxylic acids is 1. The van der Waals surface area contributed by atoms with Gasteiger partial charge in [0.15, 0.2) is 6.10 Å². The number of amides is 1. The molecule has 23 heavy (non-hydrogen) atoms. The monoisotopic (exact) mass is 323 g/mol. The van der Waals surface area contributed by atoms with Gasteiger partial charge >= 0.3 is 5.97 Å². The average Bonchev–Trinajstić information content (AvgIpc) is 2.54. The van der Waals surface area contributed by atoms with E-state index in [0.29, 0.717) is 13.2 Å². The van der Waals surface area contributed by atoms with Crippen molar-refractivity contribution in [3.05, 3.63) is 30.3 Å². The highest BCUT2D eigenvalue weighted by molar-refractivity contribution is 5.79. The van der Waals surface area contributed by atoms with Crippen molar-refractivity contribution in [3.8, 4) is 5.75 Å². The Kier molecular flexibility index (Phi) is 6.37. The summed E-state index contributed by atoms with van der Waals surface area (Å²) in [5, 5.41) is 9.00. The fourth-order valence-corrected chi connectivity index (χ4v) is 2.28. The highest BCUT2D eigenvalue weighted by atomic mass is 16.5. The third-order valence-corrected chi connectivity index (χ3v) is 3.35. The maximum absolute atomic E-state index is 12.1. The molecule has 1 aliphatic rings. The largest absolute Gasteiger partial charge is 0.491 e. The van der Waals surface area contributed by atoms with Crippen LogP contribution in [0, 0.1) is 0 Å². The van der Waals surface area contributed by atoms with Crippen LogP contribution in [-0.4, -0.2) is 67.0 Å². The first-order chi connectivity index (χ1) is 11.1. The summed E-state index contributed by atoms with van der Waals surface area (Å²) in [5.74, 6) is -0.564. The number of carbonyl (C=O) groups is 2. The van der Waals surface area contributed by atoms with Crippen LogP contribution in [0.2, 0.25) is 0 Å². The molecule has 1 fully saturated rings. The molecule has 1 amide bonds. The number of hydrogen-bond donors (Lipinski definition) is 1. The lowest BCUT2D eigenvalue weighted by Gasteiger charge is -2.34. The second-order valence-corrected chi connectivity index (χ2v) is 5.29. The van der Waals surface area contributed by atoms with Crippen LogP contribution in [0.25, 0.3) is 0 Å². The number of ether oxygens (including phenoxy) is 3. The van der Waals surface area contributed by atoms with Crippen molar-refractivity contribution < 1.29 is 28.9 Å². The van der Waals surface area contributed by atoms with Crippen molar-refractivity contribution in [2.75, 3.05) is 32.9 Å². The maximum atomic E-state index is 12.1. The molecule has 1 unspecified atom stereocenters. The van der Waals surface area contributed by atoms with Crippen LogP contribution in [0.5, 0.6) is 5.75 Å². The van der Waals surface area contributed by atoms with Crippen molar-refractivity contribution in [1.82, 2.24) is 4.90 Å². The van der Waals surface area contributed by atoms with Gasteiger partial charge in [-0.25, -0.2) is 4.79 Å². The van der Waals surface area contributed by atoms with Crippen molar-refractivity contribution in [2.24, 2.45) is 0 Å². The molecular weight excluding hydrogens is 302 g/mol. The molecule has 2 atom stereocenters. The van der Waals surface area contributed by atoms with Crippen LogP contribution < -0.4 is 4.74 Å². The Balaban J connectivity index is 1.67. The zero-order valence-electron chi connectivity index (χ0n) is 13.0. The van der Waals surface area contributed by atoms with Gasteiger partial charge in [-0.05, 0) is 19.1 Å². The number of para-hydroxylation sites is 1. The lowest BCUT2D eigenvalue weighted by Crippen LogP contribution is -2.52. The minimum Gasteiger partial charge on any atom is -0.491 e. The third kappa shape index (κ3) is 5.54. The number of morpholine rings is 1. The first-order valence-corrected chi connectivity index (χ1v) is 7.48. The van der Waals surface area contributed by atoms with Gasteiger partial charge in [0.25, 0.3) is 0 Å². The molecule has 0 spiro atoms. The van der Waals surface area contributed by atoms with Crippen LogP contribution in [-0.2, 0) is 19.1 Å². The van der Waals surface area contributed by atoms with Crippen LogP contribution in [0.4, 0.5) is 0 Å². The molecule has 1 saturated heterocycles. The Labute approximate surface area is 134 Å². The van der Waals surface area contributed by atoms with E-state index in [1.807, 2.05) is 30.3 Å². The summed E-state index contributed by atoms with van der Waals surface area (Å²) in [6.07, 6.45) is -1.29. The van der Waals surface area contributed by atoms with E-state index in [1.165, 1.54) is 4.90 Å². The summed E-state index contributed by atoms with van der Waals surface area (Å²) < 4.78 is 16.0. The molecule has 0 aromatic heterocycles. The van der Waals surface area contributed by atoms with Crippen molar-refractivity contribution in [2.45, 2.75) is 19.1 Å². The minimum absolute atomic E-state index is 0.0440. The number of benzene rings is 1. The molecular formula is C16H21NO6. The molecule has 7 heteroatoms. The number of carbonyl (C=O) groups excluding carboxylic acids is 1. The van der Waals surface area contributed by atoms with E-state index in [4.69, 9.17) is 19.3 Å². The SMILES string of the molecule is C[C@@H]1CN(C(=O)COCCOc2ccccc2)CC(C(=O)O)O1. The first kappa shape index (κ1) is 17.2. The number of hydrogen-bond acceptors (Lipinski definition) is 5. The van der Waals surface area contributed by atoms with Gasteiger partial charge in [-0.2, -0.15) is 0 Å². The normalized spacial score (nSPS) is 21.0. The van der Waals surface area contributed by atoms with Gasteiger partial charge < -0.3 is 24.2 Å². The van der Waals surface area contributed by atoms with E-state index in [9.17, 15) is 9.59 Å². The van der Waals surface area contributed by atoms with E-state index in [-0.39, 0.29) is 31.8 Å². The highest BCUT2D eigenvalue weighted by Gasteiger charge is 2.32. The Morgan fingerprint density at radius 3 is 2.70 bits per heavy atom. The molecule has 0 radical (unpaired) electrons. The van der Waals surface area contributed by atoms with Crippen LogP contribution in [0.1, 0.15) is 6.92 Å². The Bertz CT molecular complexity index is 521. The van der Waals surface area contributed by atoms with Gasteiger partial charge in [0.05, 0.1) is 19.3 Å². The van der Waals surface area contributed by atoms with Crippen LogP contribution >= 0.6 is 0 Å². The van der Waals surface area contributed by atoms with Gasteiger partial charge in [-0.3, -0.25) is 4.79 Å². The van der Waals surface area contributed by atoms with Gasteiger partial charge in [0.2, 0.25) is 5.91 Å². The summed E-state index contributed by atoms with van der Waals surface area (Å²) in [5.41, 5.74) is 0. The lowest BCUT2D eigenvalue weighted by atomic mass is 10.2. The van der Waals surface area contributed by atoms with Crippen molar-refractivity contribution in [3.63, 3.8) is 0 Å².